The molecule has 162 valence electrons. The van der Waals surface area contributed by atoms with Crippen LogP contribution in [-0.4, -0.2) is 54.3 Å². The minimum atomic E-state index is -0.172. The van der Waals surface area contributed by atoms with Crippen LogP contribution >= 0.6 is 11.3 Å². The summed E-state index contributed by atoms with van der Waals surface area (Å²) in [5.41, 5.74) is 3.44. The molecule has 0 saturated carbocycles. The fourth-order valence-corrected chi connectivity index (χ4v) is 5.18. The minimum Gasteiger partial charge on any atom is -0.368 e. The lowest BCUT2D eigenvalue weighted by atomic mass is 10.1. The number of nitrogens with zero attached hydrogens (tertiary/aromatic N) is 3. The molecule has 3 aromatic rings. The number of hydrogen-bond donors (Lipinski definition) is 0. The molecule has 2 aliphatic heterocycles. The number of para-hydroxylation sites is 1. The number of benzene rings is 2. The maximum atomic E-state index is 13.5. The highest BCUT2D eigenvalue weighted by Gasteiger charge is 2.42. The predicted octanol–water partition coefficient (Wildman–Crippen LogP) is 3.89. The van der Waals surface area contributed by atoms with Crippen molar-refractivity contribution in [2.45, 2.75) is 6.42 Å². The predicted molar refractivity (Wildman–Crippen MR) is 128 cm³/mol. The molecule has 1 aromatic heterocycles. The van der Waals surface area contributed by atoms with Gasteiger partial charge in [0, 0.05) is 43.3 Å². The number of amides is 2. The van der Waals surface area contributed by atoms with Crippen molar-refractivity contribution in [3.8, 4) is 0 Å². The Morgan fingerprint density at radius 1 is 0.719 bits per heavy atom. The Morgan fingerprint density at radius 2 is 1.38 bits per heavy atom. The Kier molecular flexibility index (Phi) is 5.77. The zero-order chi connectivity index (χ0) is 21.9. The molecule has 0 unspecified atom stereocenters. The van der Waals surface area contributed by atoms with Crippen LogP contribution in [0, 0.1) is 0 Å². The number of piperazine rings is 1. The molecule has 0 aliphatic carbocycles. The lowest BCUT2D eigenvalue weighted by Gasteiger charge is -2.37. The lowest BCUT2D eigenvalue weighted by molar-refractivity contribution is -0.137. The number of rotatable bonds is 6. The van der Waals surface area contributed by atoms with E-state index >= 15 is 0 Å². The van der Waals surface area contributed by atoms with Gasteiger partial charge in [-0.05, 0) is 35.6 Å². The summed E-state index contributed by atoms with van der Waals surface area (Å²) in [4.78, 5) is 33.6. The van der Waals surface area contributed by atoms with Gasteiger partial charge in [0.1, 0.15) is 5.70 Å². The first-order valence-corrected chi connectivity index (χ1v) is 11.8. The van der Waals surface area contributed by atoms with Gasteiger partial charge in [0.05, 0.1) is 5.57 Å². The molecule has 2 amide bonds. The highest BCUT2D eigenvalue weighted by molar-refractivity contribution is 7.11. The van der Waals surface area contributed by atoms with E-state index < -0.39 is 0 Å². The molecule has 1 saturated heterocycles. The number of carbonyl (C=O) groups is 2. The van der Waals surface area contributed by atoms with Gasteiger partial charge in [0.15, 0.2) is 0 Å². The van der Waals surface area contributed by atoms with E-state index in [4.69, 9.17) is 0 Å². The van der Waals surface area contributed by atoms with E-state index in [1.54, 1.807) is 0 Å². The van der Waals surface area contributed by atoms with Crippen LogP contribution in [0.3, 0.4) is 0 Å². The van der Waals surface area contributed by atoms with E-state index in [2.05, 4.69) is 21.9 Å². The molecule has 32 heavy (non-hydrogen) atoms. The summed E-state index contributed by atoms with van der Waals surface area (Å²) in [6.07, 6.45) is 0.658. The Balaban J connectivity index is 1.37. The van der Waals surface area contributed by atoms with Crippen molar-refractivity contribution in [3.63, 3.8) is 0 Å². The maximum absolute atomic E-state index is 13.5. The number of thiophene rings is 1. The van der Waals surface area contributed by atoms with E-state index in [1.165, 1.54) is 21.9 Å². The molecule has 5 rings (SSSR count). The second-order valence-electron chi connectivity index (χ2n) is 8.01. The summed E-state index contributed by atoms with van der Waals surface area (Å²) >= 11 is 1.51. The Labute approximate surface area is 192 Å². The van der Waals surface area contributed by atoms with Gasteiger partial charge < -0.3 is 9.80 Å². The zero-order valence-electron chi connectivity index (χ0n) is 17.8. The summed E-state index contributed by atoms with van der Waals surface area (Å²) in [5, 5.41) is 1.96. The standard InChI is InChI=1S/C26H25N3O2S/c30-25-23(22-12-7-19-32-22)24(26(31)29(25)14-13-20-8-3-1-4-9-20)28-17-15-27(16-18-28)21-10-5-2-6-11-21/h1-12,19H,13-18H2. The number of hydrogen-bond acceptors (Lipinski definition) is 5. The van der Waals surface area contributed by atoms with Gasteiger partial charge in [0.2, 0.25) is 0 Å². The summed E-state index contributed by atoms with van der Waals surface area (Å²) in [5.74, 6) is -0.337. The van der Waals surface area contributed by atoms with Gasteiger partial charge in [-0.2, -0.15) is 0 Å². The SMILES string of the molecule is O=C1C(c2cccs2)=C(N2CCN(c3ccccc3)CC2)C(=O)N1CCc1ccccc1. The van der Waals surface area contributed by atoms with Crippen LogP contribution < -0.4 is 4.90 Å². The van der Waals surface area contributed by atoms with Crippen molar-refractivity contribution in [3.05, 3.63) is 94.3 Å². The van der Waals surface area contributed by atoms with Crippen molar-refractivity contribution in [1.82, 2.24) is 9.80 Å². The molecule has 0 bridgehead atoms. The summed E-state index contributed by atoms with van der Waals surface area (Å²) in [6, 6.07) is 24.2. The molecule has 2 aliphatic rings. The summed E-state index contributed by atoms with van der Waals surface area (Å²) in [7, 11) is 0. The highest BCUT2D eigenvalue weighted by Crippen LogP contribution is 2.34. The van der Waals surface area contributed by atoms with Crippen LogP contribution in [-0.2, 0) is 16.0 Å². The zero-order valence-corrected chi connectivity index (χ0v) is 18.6. The average molecular weight is 444 g/mol. The maximum Gasteiger partial charge on any atom is 0.277 e. The first-order chi connectivity index (χ1) is 15.7. The molecule has 6 heteroatoms. The van der Waals surface area contributed by atoms with Crippen molar-refractivity contribution < 1.29 is 9.59 Å². The van der Waals surface area contributed by atoms with Gasteiger partial charge in [-0.3, -0.25) is 14.5 Å². The molecule has 3 heterocycles. The number of imide groups is 1. The molecule has 0 radical (unpaired) electrons. The molecule has 5 nitrogen and oxygen atoms in total. The van der Waals surface area contributed by atoms with Gasteiger partial charge in [-0.1, -0.05) is 54.6 Å². The van der Waals surface area contributed by atoms with Crippen molar-refractivity contribution in [2.24, 2.45) is 0 Å². The van der Waals surface area contributed by atoms with Crippen LogP contribution in [0.15, 0.2) is 83.9 Å². The van der Waals surface area contributed by atoms with E-state index in [9.17, 15) is 9.59 Å². The third kappa shape index (κ3) is 3.94. The van der Waals surface area contributed by atoms with Crippen molar-refractivity contribution in [1.29, 1.82) is 0 Å². The molecular weight excluding hydrogens is 418 g/mol. The highest BCUT2D eigenvalue weighted by atomic mass is 32.1. The minimum absolute atomic E-state index is 0.164. The molecular formula is C26H25N3O2S. The van der Waals surface area contributed by atoms with Crippen LogP contribution in [0.25, 0.3) is 5.57 Å². The third-order valence-electron chi connectivity index (χ3n) is 6.10. The third-order valence-corrected chi connectivity index (χ3v) is 6.98. The van der Waals surface area contributed by atoms with Gasteiger partial charge in [-0.25, -0.2) is 0 Å². The Bertz CT molecular complexity index is 1120. The lowest BCUT2D eigenvalue weighted by Crippen LogP contribution is -2.47. The molecule has 0 N–H and O–H groups in total. The fourth-order valence-electron chi connectivity index (χ4n) is 4.42. The van der Waals surface area contributed by atoms with E-state index in [-0.39, 0.29) is 11.8 Å². The molecule has 2 aromatic carbocycles. The molecule has 0 atom stereocenters. The average Bonchev–Trinajstić information content (AvgIpc) is 3.45. The topological polar surface area (TPSA) is 43.9 Å². The Hall–Kier alpha value is -3.38. The van der Waals surface area contributed by atoms with Crippen molar-refractivity contribution >= 4 is 34.4 Å². The van der Waals surface area contributed by atoms with E-state index in [0.717, 1.165) is 23.5 Å². The molecule has 0 spiro atoms. The number of carbonyl (C=O) groups excluding carboxylic acids is 2. The number of anilines is 1. The van der Waals surface area contributed by atoms with Crippen LogP contribution in [0.5, 0.6) is 0 Å². The van der Waals surface area contributed by atoms with Crippen LogP contribution in [0.2, 0.25) is 0 Å². The largest absolute Gasteiger partial charge is 0.368 e. The van der Waals surface area contributed by atoms with E-state index in [1.807, 2.05) is 66.0 Å². The van der Waals surface area contributed by atoms with Gasteiger partial charge >= 0.3 is 0 Å². The van der Waals surface area contributed by atoms with Crippen molar-refractivity contribution in [2.75, 3.05) is 37.6 Å². The second-order valence-corrected chi connectivity index (χ2v) is 8.96. The fraction of sp³-hybridized carbons (Fsp3) is 0.231. The quantitative estimate of drug-likeness (QED) is 0.542. The second kappa shape index (κ2) is 9.01. The van der Waals surface area contributed by atoms with Crippen LogP contribution in [0.1, 0.15) is 10.4 Å². The first-order valence-electron chi connectivity index (χ1n) is 11.0. The summed E-state index contributed by atoms with van der Waals surface area (Å²) < 4.78 is 0. The molecule has 1 fully saturated rings. The normalized spacial score (nSPS) is 16.9. The first kappa shape index (κ1) is 20.5. The Morgan fingerprint density at radius 3 is 2.03 bits per heavy atom. The summed E-state index contributed by atoms with van der Waals surface area (Å²) in [6.45, 7) is 3.45. The van der Waals surface area contributed by atoms with Crippen LogP contribution in [0.4, 0.5) is 5.69 Å². The van der Waals surface area contributed by atoms with Gasteiger partial charge in [-0.15, -0.1) is 11.3 Å². The smallest absolute Gasteiger partial charge is 0.277 e. The van der Waals surface area contributed by atoms with E-state index in [0.29, 0.717) is 37.3 Å². The van der Waals surface area contributed by atoms with Gasteiger partial charge in [0.25, 0.3) is 11.8 Å². The monoisotopic (exact) mass is 443 g/mol.